The normalized spacial score (nSPS) is 10.8. The lowest BCUT2D eigenvalue weighted by Crippen LogP contribution is -2.12. The second-order valence-electron chi connectivity index (χ2n) is 2.10. The van der Waals surface area contributed by atoms with E-state index < -0.39 is 10.0 Å². The minimum Gasteiger partial charge on any atom is -0.273 e. The van der Waals surface area contributed by atoms with Crippen molar-refractivity contribution in [2.45, 2.75) is 0 Å². The molecule has 0 unspecified atom stereocenters. The van der Waals surface area contributed by atoms with Crippen LogP contribution >= 0.6 is 27.3 Å². The Morgan fingerprint density at radius 2 is 2.38 bits per heavy atom. The van der Waals surface area contributed by atoms with E-state index in [0.717, 1.165) is 0 Å². The van der Waals surface area contributed by atoms with E-state index in [-0.39, 0.29) is 4.66 Å². The molecular weight excluding hydrogens is 276 g/mol. The molecule has 1 heterocycles. The molecule has 0 amide bonds. The molecule has 0 bridgehead atoms. The number of rotatable bonds is 3. The van der Waals surface area contributed by atoms with Crippen LogP contribution in [0.2, 0.25) is 0 Å². The number of nitrogens with one attached hydrogen (secondary N) is 1. The van der Waals surface area contributed by atoms with E-state index in [2.05, 4.69) is 20.7 Å². The van der Waals surface area contributed by atoms with Gasteiger partial charge in [-0.1, -0.05) is 15.9 Å². The summed E-state index contributed by atoms with van der Waals surface area (Å²) in [6, 6.07) is 3.46. The van der Waals surface area contributed by atoms with Crippen LogP contribution in [-0.2, 0) is 10.0 Å². The lowest BCUT2D eigenvalue weighted by Gasteiger charge is -2.01. The van der Waals surface area contributed by atoms with Crippen LogP contribution in [0.15, 0.2) is 11.4 Å². The van der Waals surface area contributed by atoms with Gasteiger partial charge in [0.25, 0.3) is 0 Å². The summed E-state index contributed by atoms with van der Waals surface area (Å²) < 4.78 is 24.3. The van der Waals surface area contributed by atoms with Gasteiger partial charge in [0.1, 0.15) is 15.7 Å². The summed E-state index contributed by atoms with van der Waals surface area (Å²) in [5, 5.41) is 10.6. The Balaban J connectivity index is 2.94. The SMILES string of the molecule is N#Cc1ccsc1NS(=O)(=O)CBr. The van der Waals surface area contributed by atoms with Gasteiger partial charge >= 0.3 is 0 Å². The van der Waals surface area contributed by atoms with Gasteiger partial charge in [-0.05, 0) is 11.4 Å². The third-order valence-electron chi connectivity index (χ3n) is 1.18. The predicted molar refractivity (Wildman–Crippen MR) is 55.4 cm³/mol. The third-order valence-corrected chi connectivity index (χ3v) is 4.75. The zero-order chi connectivity index (χ0) is 9.90. The molecule has 0 aliphatic rings. The highest BCUT2D eigenvalue weighted by atomic mass is 79.9. The fourth-order valence-electron chi connectivity index (χ4n) is 0.645. The van der Waals surface area contributed by atoms with Crippen LogP contribution in [0, 0.1) is 11.3 Å². The first-order valence-electron chi connectivity index (χ1n) is 3.13. The van der Waals surface area contributed by atoms with Crippen molar-refractivity contribution in [1.82, 2.24) is 0 Å². The molecule has 0 spiro atoms. The third kappa shape index (κ3) is 2.69. The van der Waals surface area contributed by atoms with E-state index in [1.165, 1.54) is 11.3 Å². The molecule has 0 aromatic carbocycles. The average molecular weight is 281 g/mol. The van der Waals surface area contributed by atoms with Gasteiger partial charge in [-0.3, -0.25) is 4.72 Å². The van der Waals surface area contributed by atoms with E-state index in [4.69, 9.17) is 5.26 Å². The zero-order valence-corrected chi connectivity index (χ0v) is 9.54. The molecule has 13 heavy (non-hydrogen) atoms. The van der Waals surface area contributed by atoms with Gasteiger partial charge in [-0.25, -0.2) is 8.42 Å². The first-order valence-corrected chi connectivity index (χ1v) is 6.78. The lowest BCUT2D eigenvalue weighted by molar-refractivity contribution is 0.606. The van der Waals surface area contributed by atoms with Crippen molar-refractivity contribution in [1.29, 1.82) is 5.26 Å². The van der Waals surface area contributed by atoms with Crippen molar-refractivity contribution < 1.29 is 8.42 Å². The van der Waals surface area contributed by atoms with E-state index in [1.54, 1.807) is 11.4 Å². The fraction of sp³-hybridized carbons (Fsp3) is 0.167. The summed E-state index contributed by atoms with van der Waals surface area (Å²) in [6.45, 7) is 0. The van der Waals surface area contributed by atoms with Crippen LogP contribution in [0.4, 0.5) is 5.00 Å². The second-order valence-corrected chi connectivity index (χ2v) is 6.04. The molecule has 0 aliphatic carbocycles. The Hall–Kier alpha value is -0.580. The predicted octanol–water partition coefficient (Wildman–Crippen LogP) is 1.71. The molecule has 0 radical (unpaired) electrons. The van der Waals surface area contributed by atoms with E-state index in [1.807, 2.05) is 6.07 Å². The van der Waals surface area contributed by atoms with Crippen molar-refractivity contribution >= 4 is 42.3 Å². The summed E-state index contributed by atoms with van der Waals surface area (Å²) in [4.78, 5) is 0. The Bertz CT molecular complexity index is 432. The van der Waals surface area contributed by atoms with Gasteiger partial charge in [-0.15, -0.1) is 11.3 Å². The van der Waals surface area contributed by atoms with Gasteiger partial charge in [0, 0.05) is 0 Å². The second kappa shape index (κ2) is 4.09. The van der Waals surface area contributed by atoms with E-state index in [9.17, 15) is 8.42 Å². The van der Waals surface area contributed by atoms with E-state index in [0.29, 0.717) is 10.6 Å². The lowest BCUT2D eigenvalue weighted by atomic mass is 10.4. The maximum Gasteiger partial charge on any atom is 0.243 e. The van der Waals surface area contributed by atoms with Crippen LogP contribution in [0.5, 0.6) is 0 Å². The first-order chi connectivity index (χ1) is 6.09. The topological polar surface area (TPSA) is 70.0 Å². The molecule has 1 aromatic rings. The summed E-state index contributed by atoms with van der Waals surface area (Å²) in [5.74, 6) is 0. The van der Waals surface area contributed by atoms with Crippen LogP contribution in [0.25, 0.3) is 0 Å². The van der Waals surface area contributed by atoms with Crippen molar-refractivity contribution in [3.63, 3.8) is 0 Å². The molecule has 0 atom stereocenters. The standard InChI is InChI=1S/C6H5BrN2O2S2/c7-4-13(10,11)9-6-5(3-8)1-2-12-6/h1-2,9H,4H2. The van der Waals surface area contributed by atoms with Crippen LogP contribution < -0.4 is 4.72 Å². The van der Waals surface area contributed by atoms with Crippen LogP contribution in [-0.4, -0.2) is 13.1 Å². The highest BCUT2D eigenvalue weighted by Crippen LogP contribution is 2.23. The summed E-state index contributed by atoms with van der Waals surface area (Å²) in [5.41, 5.74) is 0.342. The highest BCUT2D eigenvalue weighted by Gasteiger charge is 2.11. The molecular formula is C6H5BrN2O2S2. The van der Waals surface area contributed by atoms with Gasteiger partial charge < -0.3 is 0 Å². The quantitative estimate of drug-likeness (QED) is 0.857. The molecule has 0 fully saturated rings. The Morgan fingerprint density at radius 1 is 1.69 bits per heavy atom. The number of halogens is 1. The molecule has 7 heteroatoms. The van der Waals surface area contributed by atoms with Gasteiger partial charge in [0.05, 0.1) is 5.56 Å². The summed E-state index contributed by atoms with van der Waals surface area (Å²) in [6.07, 6.45) is 0. The largest absolute Gasteiger partial charge is 0.273 e. The minimum atomic E-state index is -3.35. The molecule has 0 saturated heterocycles. The van der Waals surface area contributed by atoms with Crippen LogP contribution in [0.1, 0.15) is 5.56 Å². The Labute approximate surface area is 88.4 Å². The number of thiophene rings is 1. The van der Waals surface area contributed by atoms with Crippen LogP contribution in [0.3, 0.4) is 0 Å². The average Bonchev–Trinajstić information content (AvgIpc) is 2.51. The van der Waals surface area contributed by atoms with Gasteiger partial charge in [0.2, 0.25) is 10.0 Å². The molecule has 1 rings (SSSR count). The molecule has 0 saturated carbocycles. The summed E-state index contributed by atoms with van der Waals surface area (Å²) >= 11 is 4.02. The van der Waals surface area contributed by atoms with Crippen molar-refractivity contribution in [2.75, 3.05) is 9.38 Å². The Morgan fingerprint density at radius 3 is 2.92 bits per heavy atom. The maximum atomic E-state index is 11.1. The van der Waals surface area contributed by atoms with Gasteiger partial charge in [-0.2, -0.15) is 5.26 Å². The fourth-order valence-corrected chi connectivity index (χ4v) is 2.59. The number of hydrogen-bond donors (Lipinski definition) is 1. The molecule has 70 valence electrons. The monoisotopic (exact) mass is 280 g/mol. The zero-order valence-electron chi connectivity index (χ0n) is 6.32. The summed E-state index contributed by atoms with van der Waals surface area (Å²) in [7, 11) is -3.35. The first kappa shape index (κ1) is 10.5. The number of alkyl halides is 1. The number of anilines is 1. The van der Waals surface area contributed by atoms with Crippen molar-refractivity contribution in [2.24, 2.45) is 0 Å². The number of nitrogens with zero attached hydrogens (tertiary/aromatic N) is 1. The van der Waals surface area contributed by atoms with Crippen molar-refractivity contribution in [3.05, 3.63) is 17.0 Å². The number of sulfonamides is 1. The molecule has 4 nitrogen and oxygen atoms in total. The van der Waals surface area contributed by atoms with E-state index >= 15 is 0 Å². The number of nitriles is 1. The molecule has 1 N–H and O–H groups in total. The smallest absolute Gasteiger partial charge is 0.243 e. The molecule has 1 aromatic heterocycles. The Kier molecular flexibility index (Phi) is 3.30. The van der Waals surface area contributed by atoms with Crippen molar-refractivity contribution in [3.8, 4) is 6.07 Å². The highest BCUT2D eigenvalue weighted by molar-refractivity contribution is 9.10. The molecule has 0 aliphatic heterocycles. The van der Waals surface area contributed by atoms with Gasteiger partial charge in [0.15, 0.2) is 0 Å². The number of hydrogen-bond acceptors (Lipinski definition) is 4. The maximum absolute atomic E-state index is 11.1. The minimum absolute atomic E-state index is 0.178.